The molecule has 16 heavy (non-hydrogen) atoms. The summed E-state index contributed by atoms with van der Waals surface area (Å²) in [5.74, 6) is 0.777. The third kappa shape index (κ3) is 4.31. The van der Waals surface area contributed by atoms with Gasteiger partial charge in [-0.2, -0.15) is 0 Å². The zero-order chi connectivity index (χ0) is 11.8. The summed E-state index contributed by atoms with van der Waals surface area (Å²) in [4.78, 5) is 11.1. The highest BCUT2D eigenvalue weighted by Crippen LogP contribution is 2.15. The van der Waals surface area contributed by atoms with Crippen LogP contribution in [0.4, 0.5) is 5.69 Å². The van der Waals surface area contributed by atoms with E-state index in [1.54, 1.807) is 7.11 Å². The van der Waals surface area contributed by atoms with Crippen molar-refractivity contribution in [1.82, 2.24) is 0 Å². The van der Waals surface area contributed by atoms with Crippen LogP contribution in [0.25, 0.3) is 0 Å². The number of benzene rings is 1. The normalized spacial score (nSPS) is 9.88. The molecule has 1 N–H and O–H groups in total. The summed E-state index contributed by atoms with van der Waals surface area (Å²) < 4.78 is 10.3. The molecule has 1 rings (SSSR count). The molecule has 0 saturated heterocycles. The Labute approximate surface area is 95.6 Å². The summed E-state index contributed by atoms with van der Waals surface area (Å²) in [6.07, 6.45) is 0.478. The van der Waals surface area contributed by atoms with Gasteiger partial charge in [-0.25, -0.2) is 0 Å². The van der Waals surface area contributed by atoms with Crippen molar-refractivity contribution in [2.24, 2.45) is 0 Å². The third-order valence-corrected chi connectivity index (χ3v) is 2.02. The molecule has 0 aliphatic heterocycles. The van der Waals surface area contributed by atoms with Crippen LogP contribution in [0.15, 0.2) is 24.3 Å². The van der Waals surface area contributed by atoms with Crippen LogP contribution in [0.3, 0.4) is 0 Å². The Morgan fingerprint density at radius 2 is 1.94 bits per heavy atom. The molecule has 0 spiro atoms. The maximum Gasteiger partial charge on any atom is 0.224 e. The molecule has 0 aromatic heterocycles. The van der Waals surface area contributed by atoms with Crippen LogP contribution in [-0.4, -0.2) is 26.2 Å². The maximum absolute atomic E-state index is 11.1. The fourth-order valence-electron chi connectivity index (χ4n) is 1.13. The van der Waals surface area contributed by atoms with Gasteiger partial charge < -0.3 is 14.8 Å². The minimum Gasteiger partial charge on any atom is -0.491 e. The van der Waals surface area contributed by atoms with Crippen molar-refractivity contribution in [3.05, 3.63) is 24.3 Å². The first-order valence-corrected chi connectivity index (χ1v) is 5.28. The number of hydrogen-bond donors (Lipinski definition) is 1. The zero-order valence-corrected chi connectivity index (χ0v) is 9.66. The Morgan fingerprint density at radius 1 is 1.25 bits per heavy atom. The minimum atomic E-state index is 0.00745. The molecule has 1 aromatic carbocycles. The van der Waals surface area contributed by atoms with Crippen molar-refractivity contribution in [2.45, 2.75) is 13.3 Å². The van der Waals surface area contributed by atoms with Gasteiger partial charge in [-0.1, -0.05) is 6.92 Å². The molecule has 0 aliphatic rings. The minimum absolute atomic E-state index is 0.00745. The fraction of sp³-hybridized carbons (Fsp3) is 0.417. The molecule has 88 valence electrons. The first-order valence-electron chi connectivity index (χ1n) is 5.28. The maximum atomic E-state index is 11.1. The van der Waals surface area contributed by atoms with Gasteiger partial charge in [0.05, 0.1) is 6.61 Å². The number of carbonyl (C=O) groups is 1. The van der Waals surface area contributed by atoms with Gasteiger partial charge in [0.15, 0.2) is 0 Å². The van der Waals surface area contributed by atoms with Crippen LogP contribution >= 0.6 is 0 Å². The Hall–Kier alpha value is -1.55. The van der Waals surface area contributed by atoms with Gasteiger partial charge in [-0.3, -0.25) is 4.79 Å². The molecule has 0 radical (unpaired) electrons. The second kappa shape index (κ2) is 6.85. The van der Waals surface area contributed by atoms with E-state index in [1.165, 1.54) is 0 Å². The second-order valence-corrected chi connectivity index (χ2v) is 3.27. The third-order valence-electron chi connectivity index (χ3n) is 2.02. The SMILES string of the molecule is CCC(=O)Nc1ccc(OCCOC)cc1. The van der Waals surface area contributed by atoms with E-state index in [-0.39, 0.29) is 5.91 Å². The lowest BCUT2D eigenvalue weighted by Gasteiger charge is -2.07. The van der Waals surface area contributed by atoms with Crippen LogP contribution in [-0.2, 0) is 9.53 Å². The summed E-state index contributed by atoms with van der Waals surface area (Å²) in [6, 6.07) is 7.27. The number of amides is 1. The molecule has 1 amide bonds. The molecule has 0 heterocycles. The lowest BCUT2D eigenvalue weighted by molar-refractivity contribution is -0.115. The number of carbonyl (C=O) groups excluding carboxylic acids is 1. The first kappa shape index (κ1) is 12.5. The summed E-state index contributed by atoms with van der Waals surface area (Å²) in [5.41, 5.74) is 0.783. The number of methoxy groups -OCH3 is 1. The fourth-order valence-corrected chi connectivity index (χ4v) is 1.13. The lowest BCUT2D eigenvalue weighted by atomic mass is 10.3. The predicted molar refractivity (Wildman–Crippen MR) is 62.7 cm³/mol. The smallest absolute Gasteiger partial charge is 0.224 e. The van der Waals surface area contributed by atoms with Crippen molar-refractivity contribution in [2.75, 3.05) is 25.6 Å². The van der Waals surface area contributed by atoms with E-state index in [1.807, 2.05) is 31.2 Å². The number of nitrogens with one attached hydrogen (secondary N) is 1. The van der Waals surface area contributed by atoms with Crippen molar-refractivity contribution in [1.29, 1.82) is 0 Å². The molecule has 0 unspecified atom stereocenters. The molecular formula is C12H17NO3. The van der Waals surface area contributed by atoms with E-state index < -0.39 is 0 Å². The van der Waals surface area contributed by atoms with Crippen LogP contribution in [0.5, 0.6) is 5.75 Å². The van der Waals surface area contributed by atoms with E-state index in [0.29, 0.717) is 19.6 Å². The molecule has 0 bridgehead atoms. The highest BCUT2D eigenvalue weighted by molar-refractivity contribution is 5.90. The molecular weight excluding hydrogens is 206 g/mol. The highest BCUT2D eigenvalue weighted by Gasteiger charge is 1.99. The number of ether oxygens (including phenoxy) is 2. The number of hydrogen-bond acceptors (Lipinski definition) is 3. The topological polar surface area (TPSA) is 47.6 Å². The van der Waals surface area contributed by atoms with Gasteiger partial charge in [-0.15, -0.1) is 0 Å². The largest absolute Gasteiger partial charge is 0.491 e. The van der Waals surface area contributed by atoms with Gasteiger partial charge in [0.1, 0.15) is 12.4 Å². The standard InChI is InChI=1S/C12H17NO3/c1-3-12(14)13-10-4-6-11(7-5-10)16-9-8-15-2/h4-7H,3,8-9H2,1-2H3,(H,13,14). The van der Waals surface area contributed by atoms with Gasteiger partial charge in [0.25, 0.3) is 0 Å². The molecule has 0 fully saturated rings. The van der Waals surface area contributed by atoms with E-state index in [2.05, 4.69) is 5.32 Å². The Bertz CT molecular complexity index is 322. The molecule has 0 atom stereocenters. The van der Waals surface area contributed by atoms with Crippen molar-refractivity contribution in [3.8, 4) is 5.75 Å². The summed E-state index contributed by atoms with van der Waals surface area (Å²) in [5, 5.41) is 2.77. The van der Waals surface area contributed by atoms with Crippen molar-refractivity contribution < 1.29 is 14.3 Å². The van der Waals surface area contributed by atoms with Gasteiger partial charge in [0, 0.05) is 19.2 Å². The number of rotatable bonds is 6. The highest BCUT2D eigenvalue weighted by atomic mass is 16.5. The van der Waals surface area contributed by atoms with Gasteiger partial charge in [-0.05, 0) is 24.3 Å². The summed E-state index contributed by atoms with van der Waals surface area (Å²) in [6.45, 7) is 2.91. The number of anilines is 1. The van der Waals surface area contributed by atoms with Crippen molar-refractivity contribution in [3.63, 3.8) is 0 Å². The average molecular weight is 223 g/mol. The molecule has 0 aliphatic carbocycles. The van der Waals surface area contributed by atoms with Crippen LogP contribution in [0.1, 0.15) is 13.3 Å². The van der Waals surface area contributed by atoms with Crippen molar-refractivity contribution >= 4 is 11.6 Å². The predicted octanol–water partition coefficient (Wildman–Crippen LogP) is 2.06. The lowest BCUT2D eigenvalue weighted by Crippen LogP contribution is -2.09. The Morgan fingerprint density at radius 3 is 2.50 bits per heavy atom. The van der Waals surface area contributed by atoms with E-state index in [0.717, 1.165) is 11.4 Å². The molecule has 0 saturated carbocycles. The van der Waals surface area contributed by atoms with E-state index >= 15 is 0 Å². The summed E-state index contributed by atoms with van der Waals surface area (Å²) in [7, 11) is 1.63. The van der Waals surface area contributed by atoms with E-state index in [9.17, 15) is 4.79 Å². The van der Waals surface area contributed by atoms with Gasteiger partial charge in [0.2, 0.25) is 5.91 Å². The van der Waals surface area contributed by atoms with Gasteiger partial charge >= 0.3 is 0 Å². The molecule has 4 nitrogen and oxygen atoms in total. The first-order chi connectivity index (χ1) is 7.76. The monoisotopic (exact) mass is 223 g/mol. The molecule has 1 aromatic rings. The quantitative estimate of drug-likeness (QED) is 0.751. The zero-order valence-electron chi connectivity index (χ0n) is 9.66. The molecule has 4 heteroatoms. The van der Waals surface area contributed by atoms with Crippen LogP contribution < -0.4 is 10.1 Å². The summed E-state index contributed by atoms with van der Waals surface area (Å²) >= 11 is 0. The Balaban J connectivity index is 2.44. The van der Waals surface area contributed by atoms with E-state index in [4.69, 9.17) is 9.47 Å². The van der Waals surface area contributed by atoms with Crippen LogP contribution in [0, 0.1) is 0 Å². The Kier molecular flexibility index (Phi) is 5.36. The van der Waals surface area contributed by atoms with Crippen LogP contribution in [0.2, 0.25) is 0 Å². The average Bonchev–Trinajstić information content (AvgIpc) is 2.31. The second-order valence-electron chi connectivity index (χ2n) is 3.27.